The first-order valence-electron chi connectivity index (χ1n) is 4.47. The quantitative estimate of drug-likeness (QED) is 0.639. The number of hydrogen-bond donors (Lipinski definition) is 1. The van der Waals surface area contributed by atoms with Crippen LogP contribution in [0.4, 0.5) is 0 Å². The predicted octanol–water partition coefficient (Wildman–Crippen LogP) is 0.855. The van der Waals surface area contributed by atoms with Crippen LogP contribution >= 0.6 is 0 Å². The molecule has 0 aliphatic heterocycles. The number of rotatable bonds is 3. The maximum Gasteiger partial charge on any atom is 0.293 e. The molecule has 0 amide bonds. The molecule has 0 spiro atoms. The van der Waals surface area contributed by atoms with E-state index in [9.17, 15) is 9.90 Å². The second kappa shape index (κ2) is 2.46. The molecule has 2 aliphatic rings. The van der Waals surface area contributed by atoms with Crippen molar-refractivity contribution in [1.29, 1.82) is 0 Å². The van der Waals surface area contributed by atoms with Gasteiger partial charge in [0.25, 0.3) is 6.47 Å². The van der Waals surface area contributed by atoms with Crippen LogP contribution in [0.5, 0.6) is 0 Å². The van der Waals surface area contributed by atoms with Crippen LogP contribution in [0.1, 0.15) is 32.1 Å². The summed E-state index contributed by atoms with van der Waals surface area (Å²) in [7, 11) is 0. The lowest BCUT2D eigenvalue weighted by Crippen LogP contribution is -2.25. The number of aliphatic hydroxyl groups excluding tert-OH is 1. The molecule has 2 fully saturated rings. The Hall–Kier alpha value is -0.570. The molecule has 0 atom stereocenters. The van der Waals surface area contributed by atoms with Crippen molar-refractivity contribution in [3.63, 3.8) is 0 Å². The van der Waals surface area contributed by atoms with Crippen LogP contribution in [0, 0.1) is 5.41 Å². The Kier molecular flexibility index (Phi) is 1.65. The molecule has 2 rings (SSSR count). The van der Waals surface area contributed by atoms with E-state index >= 15 is 0 Å². The molecule has 0 aromatic heterocycles. The molecular formula is C9H14O3. The van der Waals surface area contributed by atoms with Gasteiger partial charge in [-0.3, -0.25) is 4.79 Å². The highest BCUT2D eigenvalue weighted by molar-refractivity contribution is 5.39. The van der Waals surface area contributed by atoms with Crippen LogP contribution in [0.3, 0.4) is 0 Å². The minimum Gasteiger partial charge on any atom is -0.461 e. The third-order valence-electron chi connectivity index (χ3n) is 3.55. The lowest BCUT2D eigenvalue weighted by atomic mass is 9.85. The highest BCUT2D eigenvalue weighted by atomic mass is 16.5. The molecule has 0 saturated heterocycles. The largest absolute Gasteiger partial charge is 0.461 e. The minimum atomic E-state index is -0.204. The Morgan fingerprint density at radius 2 is 2.00 bits per heavy atom. The number of hydrogen-bond acceptors (Lipinski definition) is 3. The van der Waals surface area contributed by atoms with Crippen LogP contribution < -0.4 is 0 Å². The summed E-state index contributed by atoms with van der Waals surface area (Å²) in [5.41, 5.74) is -0.118. The Bertz CT molecular complexity index is 192. The first-order valence-corrected chi connectivity index (χ1v) is 4.47. The van der Waals surface area contributed by atoms with Gasteiger partial charge in [0.15, 0.2) is 0 Å². The van der Waals surface area contributed by atoms with E-state index < -0.39 is 0 Å². The van der Waals surface area contributed by atoms with Gasteiger partial charge in [0.05, 0.1) is 0 Å². The third kappa shape index (κ3) is 0.959. The molecule has 12 heavy (non-hydrogen) atoms. The van der Waals surface area contributed by atoms with E-state index in [2.05, 4.69) is 0 Å². The van der Waals surface area contributed by atoms with Gasteiger partial charge in [-0.25, -0.2) is 0 Å². The zero-order valence-corrected chi connectivity index (χ0v) is 7.08. The lowest BCUT2D eigenvalue weighted by molar-refractivity contribution is -0.142. The summed E-state index contributed by atoms with van der Waals surface area (Å²) < 4.78 is 5.12. The summed E-state index contributed by atoms with van der Waals surface area (Å²) >= 11 is 0. The number of fused-ring (bicyclic) bond motifs is 2. The number of carbonyl (C=O) groups is 1. The zero-order chi connectivity index (χ0) is 8.66. The molecule has 0 aromatic rings. The van der Waals surface area contributed by atoms with Crippen molar-refractivity contribution in [2.24, 2.45) is 5.41 Å². The van der Waals surface area contributed by atoms with Gasteiger partial charge < -0.3 is 9.84 Å². The second-order valence-corrected chi connectivity index (χ2v) is 4.23. The smallest absolute Gasteiger partial charge is 0.293 e. The first kappa shape index (κ1) is 8.05. The molecule has 0 radical (unpaired) electrons. The van der Waals surface area contributed by atoms with Gasteiger partial charge in [0, 0.05) is 6.61 Å². The normalized spacial score (nSPS) is 44.8. The molecule has 0 unspecified atom stereocenters. The Balaban J connectivity index is 2.11. The van der Waals surface area contributed by atoms with Crippen molar-refractivity contribution in [2.75, 3.05) is 6.61 Å². The van der Waals surface area contributed by atoms with E-state index in [0.717, 1.165) is 32.1 Å². The summed E-state index contributed by atoms with van der Waals surface area (Å²) in [4.78, 5) is 10.3. The molecule has 1 N–H and O–H groups in total. The summed E-state index contributed by atoms with van der Waals surface area (Å²) in [5.74, 6) is 0. The fraction of sp³-hybridized carbons (Fsp3) is 0.889. The van der Waals surface area contributed by atoms with Crippen LogP contribution in [0.25, 0.3) is 0 Å². The average molecular weight is 170 g/mol. The van der Waals surface area contributed by atoms with E-state index in [-0.39, 0.29) is 17.6 Å². The highest BCUT2D eigenvalue weighted by Gasteiger charge is 2.55. The molecule has 2 saturated carbocycles. The molecule has 3 heteroatoms. The molecule has 2 aliphatic carbocycles. The molecule has 68 valence electrons. The summed E-state index contributed by atoms with van der Waals surface area (Å²) in [6, 6.07) is 0. The van der Waals surface area contributed by atoms with Crippen molar-refractivity contribution >= 4 is 6.47 Å². The van der Waals surface area contributed by atoms with E-state index in [1.165, 1.54) is 0 Å². The fourth-order valence-corrected chi connectivity index (χ4v) is 2.75. The highest BCUT2D eigenvalue weighted by Crippen LogP contribution is 2.57. The van der Waals surface area contributed by atoms with Crippen molar-refractivity contribution < 1.29 is 14.6 Å². The topological polar surface area (TPSA) is 46.5 Å². The SMILES string of the molecule is O=COC12CCC(CO)(CC1)C2. The Labute approximate surface area is 71.7 Å². The zero-order valence-electron chi connectivity index (χ0n) is 7.08. The number of ether oxygens (including phenoxy) is 1. The summed E-state index contributed by atoms with van der Waals surface area (Å²) in [6.07, 6.45) is 4.77. The average Bonchev–Trinajstić information content (AvgIpc) is 2.61. The number of aliphatic hydroxyl groups is 1. The maximum atomic E-state index is 10.3. The summed E-state index contributed by atoms with van der Waals surface area (Å²) in [5, 5.41) is 9.18. The molecular weight excluding hydrogens is 156 g/mol. The van der Waals surface area contributed by atoms with Crippen molar-refractivity contribution in [2.45, 2.75) is 37.7 Å². The van der Waals surface area contributed by atoms with Gasteiger partial charge in [0.1, 0.15) is 5.60 Å². The second-order valence-electron chi connectivity index (χ2n) is 4.23. The first-order chi connectivity index (χ1) is 5.74. The van der Waals surface area contributed by atoms with Crippen molar-refractivity contribution in [1.82, 2.24) is 0 Å². The third-order valence-corrected chi connectivity index (χ3v) is 3.55. The van der Waals surface area contributed by atoms with E-state index in [1.54, 1.807) is 0 Å². The summed E-state index contributed by atoms with van der Waals surface area (Å²) in [6.45, 7) is 0.801. The van der Waals surface area contributed by atoms with E-state index in [4.69, 9.17) is 4.74 Å². The molecule has 3 nitrogen and oxygen atoms in total. The van der Waals surface area contributed by atoms with Gasteiger partial charge in [-0.05, 0) is 37.5 Å². The van der Waals surface area contributed by atoms with Gasteiger partial charge in [-0.1, -0.05) is 0 Å². The van der Waals surface area contributed by atoms with Gasteiger partial charge >= 0.3 is 0 Å². The van der Waals surface area contributed by atoms with Crippen molar-refractivity contribution in [3.05, 3.63) is 0 Å². The lowest BCUT2D eigenvalue weighted by Gasteiger charge is -2.24. The monoisotopic (exact) mass is 170 g/mol. The Morgan fingerprint density at radius 1 is 1.33 bits per heavy atom. The van der Waals surface area contributed by atoms with Crippen molar-refractivity contribution in [3.8, 4) is 0 Å². The van der Waals surface area contributed by atoms with E-state index in [1.807, 2.05) is 0 Å². The van der Waals surface area contributed by atoms with Gasteiger partial charge in [-0.15, -0.1) is 0 Å². The van der Waals surface area contributed by atoms with Crippen LogP contribution in [0.15, 0.2) is 0 Å². The van der Waals surface area contributed by atoms with Crippen LogP contribution in [0.2, 0.25) is 0 Å². The van der Waals surface area contributed by atoms with Gasteiger partial charge in [0.2, 0.25) is 0 Å². The predicted molar refractivity (Wildman–Crippen MR) is 42.5 cm³/mol. The number of carbonyl (C=O) groups excluding carboxylic acids is 1. The standard InChI is InChI=1S/C9H14O3/c10-6-8-1-3-9(5-8,4-2-8)12-7-11/h7,10H,1-6H2. The van der Waals surface area contributed by atoms with Crippen LogP contribution in [-0.2, 0) is 9.53 Å². The van der Waals surface area contributed by atoms with Gasteiger partial charge in [-0.2, -0.15) is 0 Å². The maximum absolute atomic E-state index is 10.3. The van der Waals surface area contributed by atoms with Crippen LogP contribution in [-0.4, -0.2) is 23.8 Å². The fourth-order valence-electron chi connectivity index (χ4n) is 2.75. The minimum absolute atomic E-state index is 0.0863. The Morgan fingerprint density at radius 3 is 2.42 bits per heavy atom. The molecule has 0 aromatic carbocycles. The van der Waals surface area contributed by atoms with E-state index in [0.29, 0.717) is 6.47 Å². The molecule has 2 bridgehead atoms. The molecule has 0 heterocycles.